The molecule has 2 N–H and O–H groups in total. The molecule has 0 spiro atoms. The summed E-state index contributed by atoms with van der Waals surface area (Å²) in [4.78, 5) is 11.2. The highest BCUT2D eigenvalue weighted by Gasteiger charge is 2.52. The lowest BCUT2D eigenvalue weighted by atomic mass is 9.77. The van der Waals surface area contributed by atoms with Crippen LogP contribution in [0.2, 0.25) is 0 Å². The molecule has 0 aliphatic carbocycles. The summed E-state index contributed by atoms with van der Waals surface area (Å²) in [5.41, 5.74) is 0.847. The van der Waals surface area contributed by atoms with Gasteiger partial charge in [0, 0.05) is 19.7 Å². The van der Waals surface area contributed by atoms with Crippen LogP contribution in [-0.2, 0) is 14.1 Å². The standard InChI is InChI=1S/C14H22BN3O3/c1-10(19)16-9-11(8-12-6-7-17-18-12)15-20-13(2,3)14(4,5)21-15/h6-8H,9H2,1-5H3,(H,16,19)(H,17,18). The highest BCUT2D eigenvalue weighted by atomic mass is 16.7. The molecule has 1 aromatic rings. The van der Waals surface area contributed by atoms with E-state index < -0.39 is 18.3 Å². The fraction of sp³-hybridized carbons (Fsp3) is 0.571. The van der Waals surface area contributed by atoms with Gasteiger partial charge in [-0.2, -0.15) is 5.10 Å². The van der Waals surface area contributed by atoms with Crippen molar-refractivity contribution in [3.8, 4) is 0 Å². The molecule has 2 rings (SSSR count). The number of nitrogens with zero attached hydrogens (tertiary/aromatic N) is 1. The predicted octanol–water partition coefficient (Wildman–Crippen LogP) is 1.56. The Kier molecular flexibility index (Phi) is 4.25. The largest absolute Gasteiger partial charge is 0.492 e. The Morgan fingerprint density at radius 2 is 2.00 bits per heavy atom. The van der Waals surface area contributed by atoms with E-state index in [0.29, 0.717) is 6.54 Å². The molecular weight excluding hydrogens is 269 g/mol. The first-order valence-electron chi connectivity index (χ1n) is 7.01. The quantitative estimate of drug-likeness (QED) is 0.825. The number of rotatable bonds is 4. The average Bonchev–Trinajstić information content (AvgIpc) is 2.91. The van der Waals surface area contributed by atoms with Gasteiger partial charge >= 0.3 is 7.12 Å². The van der Waals surface area contributed by atoms with Crippen molar-refractivity contribution in [2.24, 2.45) is 0 Å². The minimum Gasteiger partial charge on any atom is -0.400 e. The third-order valence-corrected chi connectivity index (χ3v) is 3.96. The third-order valence-electron chi connectivity index (χ3n) is 3.96. The van der Waals surface area contributed by atoms with Crippen molar-refractivity contribution in [3.63, 3.8) is 0 Å². The summed E-state index contributed by atoms with van der Waals surface area (Å²) in [5.74, 6) is -0.0953. The lowest BCUT2D eigenvalue weighted by Crippen LogP contribution is -2.41. The van der Waals surface area contributed by atoms with Gasteiger partial charge in [-0.1, -0.05) is 0 Å². The molecule has 1 aliphatic heterocycles. The molecule has 21 heavy (non-hydrogen) atoms. The van der Waals surface area contributed by atoms with Gasteiger partial charge in [0.25, 0.3) is 0 Å². The number of carbonyl (C=O) groups is 1. The molecule has 0 unspecified atom stereocenters. The van der Waals surface area contributed by atoms with Crippen LogP contribution in [-0.4, -0.2) is 41.0 Å². The van der Waals surface area contributed by atoms with E-state index in [-0.39, 0.29) is 5.91 Å². The van der Waals surface area contributed by atoms with Gasteiger partial charge in [0.1, 0.15) is 0 Å². The Balaban J connectivity index is 2.22. The maximum atomic E-state index is 11.2. The van der Waals surface area contributed by atoms with Crippen LogP contribution in [0.25, 0.3) is 6.08 Å². The highest BCUT2D eigenvalue weighted by Crippen LogP contribution is 2.38. The van der Waals surface area contributed by atoms with Gasteiger partial charge in [-0.05, 0) is 45.3 Å². The number of H-pyrrole nitrogens is 1. The second kappa shape index (κ2) is 5.65. The van der Waals surface area contributed by atoms with E-state index in [2.05, 4.69) is 15.5 Å². The molecule has 1 amide bonds. The van der Waals surface area contributed by atoms with Crippen LogP contribution in [0.4, 0.5) is 0 Å². The van der Waals surface area contributed by atoms with E-state index in [1.165, 1.54) is 6.92 Å². The molecule has 0 aromatic carbocycles. The Morgan fingerprint density at radius 3 is 2.48 bits per heavy atom. The molecule has 1 saturated heterocycles. The van der Waals surface area contributed by atoms with Gasteiger partial charge in [0.15, 0.2) is 0 Å². The smallest absolute Gasteiger partial charge is 0.400 e. The zero-order chi connectivity index (χ0) is 15.7. The topological polar surface area (TPSA) is 76.2 Å². The number of aromatic nitrogens is 2. The molecule has 114 valence electrons. The van der Waals surface area contributed by atoms with Crippen LogP contribution in [0.15, 0.2) is 17.7 Å². The van der Waals surface area contributed by atoms with Gasteiger partial charge in [0.2, 0.25) is 5.91 Å². The lowest BCUT2D eigenvalue weighted by Gasteiger charge is -2.32. The van der Waals surface area contributed by atoms with E-state index in [1.807, 2.05) is 39.8 Å². The summed E-state index contributed by atoms with van der Waals surface area (Å²) < 4.78 is 12.1. The van der Waals surface area contributed by atoms with Crippen molar-refractivity contribution in [3.05, 3.63) is 23.4 Å². The maximum Gasteiger partial charge on any atom is 0.492 e. The Morgan fingerprint density at radius 1 is 1.38 bits per heavy atom. The van der Waals surface area contributed by atoms with Gasteiger partial charge in [-0.15, -0.1) is 0 Å². The minimum atomic E-state index is -0.495. The Hall–Kier alpha value is -1.60. The second-order valence-corrected chi connectivity index (χ2v) is 6.23. The SMILES string of the molecule is CC(=O)NCC(=Cc1ccn[nH]1)B1OC(C)(C)C(C)(C)O1. The molecule has 0 saturated carbocycles. The van der Waals surface area contributed by atoms with Crippen molar-refractivity contribution >= 4 is 19.1 Å². The molecule has 0 radical (unpaired) electrons. The first-order chi connectivity index (χ1) is 9.71. The first-order valence-corrected chi connectivity index (χ1v) is 7.01. The highest BCUT2D eigenvalue weighted by molar-refractivity contribution is 6.56. The van der Waals surface area contributed by atoms with Gasteiger partial charge < -0.3 is 14.6 Å². The van der Waals surface area contributed by atoms with E-state index >= 15 is 0 Å². The fourth-order valence-electron chi connectivity index (χ4n) is 1.97. The monoisotopic (exact) mass is 291 g/mol. The fourth-order valence-corrected chi connectivity index (χ4v) is 1.97. The maximum absolute atomic E-state index is 11.2. The van der Waals surface area contributed by atoms with Crippen molar-refractivity contribution in [2.45, 2.75) is 45.8 Å². The van der Waals surface area contributed by atoms with Crippen molar-refractivity contribution in [2.75, 3.05) is 6.54 Å². The van der Waals surface area contributed by atoms with E-state index in [0.717, 1.165) is 11.2 Å². The number of hydrogen-bond acceptors (Lipinski definition) is 4. The molecule has 0 atom stereocenters. The van der Waals surface area contributed by atoms with Crippen LogP contribution in [0, 0.1) is 0 Å². The zero-order valence-corrected chi connectivity index (χ0v) is 13.2. The molecule has 2 heterocycles. The average molecular weight is 291 g/mol. The number of carbonyl (C=O) groups excluding carboxylic acids is 1. The number of nitrogens with one attached hydrogen (secondary N) is 2. The molecule has 1 fully saturated rings. The summed E-state index contributed by atoms with van der Waals surface area (Å²) >= 11 is 0. The van der Waals surface area contributed by atoms with E-state index in [9.17, 15) is 4.79 Å². The lowest BCUT2D eigenvalue weighted by molar-refractivity contribution is -0.118. The van der Waals surface area contributed by atoms with Crippen molar-refractivity contribution < 1.29 is 14.1 Å². The third kappa shape index (κ3) is 3.54. The van der Waals surface area contributed by atoms with Crippen molar-refractivity contribution in [1.29, 1.82) is 0 Å². The van der Waals surface area contributed by atoms with Crippen LogP contribution in [0.5, 0.6) is 0 Å². The first kappa shape index (κ1) is 15.8. The van der Waals surface area contributed by atoms with E-state index in [1.54, 1.807) is 6.20 Å². The van der Waals surface area contributed by atoms with Gasteiger partial charge in [-0.25, -0.2) is 0 Å². The summed E-state index contributed by atoms with van der Waals surface area (Å²) in [5, 5.41) is 9.57. The Labute approximate surface area is 125 Å². The molecule has 0 bridgehead atoms. The number of aromatic amines is 1. The molecule has 7 heteroatoms. The second-order valence-electron chi connectivity index (χ2n) is 6.23. The molecule has 6 nitrogen and oxygen atoms in total. The van der Waals surface area contributed by atoms with Crippen LogP contribution in [0.3, 0.4) is 0 Å². The summed E-state index contributed by atoms with van der Waals surface area (Å²) in [6.45, 7) is 9.85. The normalized spacial score (nSPS) is 20.6. The van der Waals surface area contributed by atoms with Crippen LogP contribution >= 0.6 is 0 Å². The summed E-state index contributed by atoms with van der Waals surface area (Å²) in [6, 6.07) is 1.85. The zero-order valence-electron chi connectivity index (χ0n) is 13.2. The van der Waals surface area contributed by atoms with Crippen molar-refractivity contribution in [1.82, 2.24) is 15.5 Å². The van der Waals surface area contributed by atoms with Gasteiger partial charge in [-0.3, -0.25) is 9.89 Å². The Bertz CT molecular complexity index is 522. The molecule has 1 aliphatic rings. The van der Waals surface area contributed by atoms with Gasteiger partial charge in [0.05, 0.1) is 16.9 Å². The number of amides is 1. The predicted molar refractivity (Wildman–Crippen MR) is 81.3 cm³/mol. The van der Waals surface area contributed by atoms with Crippen LogP contribution in [0.1, 0.15) is 40.3 Å². The van der Waals surface area contributed by atoms with E-state index in [4.69, 9.17) is 9.31 Å². The summed E-state index contributed by atoms with van der Waals surface area (Å²) in [7, 11) is -0.495. The molecular formula is C14H22BN3O3. The summed E-state index contributed by atoms with van der Waals surface area (Å²) in [6.07, 6.45) is 3.57. The number of hydrogen-bond donors (Lipinski definition) is 2. The van der Waals surface area contributed by atoms with Crippen LogP contribution < -0.4 is 5.32 Å². The molecule has 1 aromatic heterocycles. The minimum absolute atomic E-state index is 0.0953.